The van der Waals surface area contributed by atoms with Crippen LogP contribution >= 0.6 is 0 Å². The van der Waals surface area contributed by atoms with Crippen LogP contribution in [0.25, 0.3) is 11.2 Å². The third-order valence-electron chi connectivity index (χ3n) is 4.56. The van der Waals surface area contributed by atoms with Crippen molar-refractivity contribution in [3.63, 3.8) is 0 Å². The van der Waals surface area contributed by atoms with E-state index in [1.54, 1.807) is 11.6 Å². The minimum atomic E-state index is -0.426. The van der Waals surface area contributed by atoms with Crippen LogP contribution in [0.2, 0.25) is 0 Å². The van der Waals surface area contributed by atoms with Gasteiger partial charge in [0, 0.05) is 39.6 Å². The van der Waals surface area contributed by atoms with Gasteiger partial charge in [0.2, 0.25) is 5.91 Å². The van der Waals surface area contributed by atoms with Crippen LogP contribution in [0.15, 0.2) is 15.9 Å². The Balaban J connectivity index is 1.70. The average molecular weight is 334 g/mol. The van der Waals surface area contributed by atoms with Crippen molar-refractivity contribution in [3.8, 4) is 0 Å². The number of carbonyl (C=O) groups excluding carboxylic acids is 1. The predicted molar refractivity (Wildman–Crippen MR) is 88.5 cm³/mol. The molecule has 0 radical (unpaired) electrons. The fourth-order valence-electron chi connectivity index (χ4n) is 2.80. The highest BCUT2D eigenvalue weighted by Gasteiger charge is 2.28. The molecule has 3 rings (SSSR count). The molecule has 1 amide bonds. The summed E-state index contributed by atoms with van der Waals surface area (Å²) in [7, 11) is 2.99. The van der Waals surface area contributed by atoms with Gasteiger partial charge in [0.05, 0.1) is 6.33 Å². The van der Waals surface area contributed by atoms with Crippen LogP contribution in [0.3, 0.4) is 0 Å². The Hall–Kier alpha value is -2.42. The van der Waals surface area contributed by atoms with Crippen molar-refractivity contribution in [2.45, 2.75) is 31.8 Å². The summed E-state index contributed by atoms with van der Waals surface area (Å²) in [6.45, 7) is 0.791. The summed E-state index contributed by atoms with van der Waals surface area (Å²) >= 11 is 0. The summed E-state index contributed by atoms with van der Waals surface area (Å²) in [4.78, 5) is 40.3. The predicted octanol–water partition coefficient (Wildman–Crippen LogP) is -1.32. The van der Waals surface area contributed by atoms with Crippen LogP contribution in [-0.4, -0.2) is 37.2 Å². The Bertz CT molecular complexity index is 889. The monoisotopic (exact) mass is 334 g/mol. The molecule has 0 saturated heterocycles. The van der Waals surface area contributed by atoms with Gasteiger partial charge in [-0.2, -0.15) is 0 Å². The smallest absolute Gasteiger partial charge is 0.332 e. The number of aryl methyl sites for hydroxylation is 2. The Kier molecular flexibility index (Phi) is 4.27. The van der Waals surface area contributed by atoms with Crippen molar-refractivity contribution in [2.24, 2.45) is 25.7 Å². The van der Waals surface area contributed by atoms with E-state index in [2.05, 4.69) is 10.3 Å². The van der Waals surface area contributed by atoms with E-state index in [-0.39, 0.29) is 18.4 Å². The number of carbonyl (C=O) groups is 1. The molecule has 1 saturated carbocycles. The normalized spacial score (nSPS) is 15.6. The van der Waals surface area contributed by atoms with Crippen LogP contribution in [0.5, 0.6) is 0 Å². The Morgan fingerprint density at radius 2 is 2.08 bits per heavy atom. The van der Waals surface area contributed by atoms with E-state index in [9.17, 15) is 14.4 Å². The van der Waals surface area contributed by atoms with Gasteiger partial charge >= 0.3 is 5.69 Å². The van der Waals surface area contributed by atoms with Gasteiger partial charge in [-0.15, -0.1) is 0 Å². The number of nitrogens with one attached hydrogen (secondary N) is 1. The number of fused-ring (bicyclic) bond motifs is 1. The van der Waals surface area contributed by atoms with Gasteiger partial charge in [-0.3, -0.25) is 18.7 Å². The molecule has 9 nitrogen and oxygen atoms in total. The molecular formula is C15H22N6O3. The maximum atomic E-state index is 12.3. The van der Waals surface area contributed by atoms with Crippen molar-refractivity contribution in [1.82, 2.24) is 24.0 Å². The maximum absolute atomic E-state index is 12.3. The first kappa shape index (κ1) is 16.4. The first-order valence-electron chi connectivity index (χ1n) is 8.03. The maximum Gasteiger partial charge on any atom is 0.332 e. The molecule has 2 aromatic heterocycles. The summed E-state index contributed by atoms with van der Waals surface area (Å²) in [6.07, 6.45) is 3.98. The Morgan fingerprint density at radius 1 is 1.38 bits per heavy atom. The fraction of sp³-hybridized carbons (Fsp3) is 0.600. The van der Waals surface area contributed by atoms with Gasteiger partial charge in [-0.05, 0) is 18.8 Å². The first-order chi connectivity index (χ1) is 11.4. The Morgan fingerprint density at radius 3 is 2.75 bits per heavy atom. The van der Waals surface area contributed by atoms with Gasteiger partial charge in [0.25, 0.3) is 5.56 Å². The lowest BCUT2D eigenvalue weighted by atomic mass is 10.2. The molecule has 9 heteroatoms. The van der Waals surface area contributed by atoms with Crippen molar-refractivity contribution >= 4 is 17.1 Å². The third kappa shape index (κ3) is 2.99. The first-order valence-corrected chi connectivity index (χ1v) is 8.03. The van der Waals surface area contributed by atoms with Gasteiger partial charge < -0.3 is 15.6 Å². The molecule has 0 aromatic carbocycles. The standard InChI is InChI=1S/C15H22N6O3/c1-19-13-12(14(23)20(2)15(19)24)21(8-18-13)6-5-11(22)17-7-10(16)9-3-4-9/h8-10H,3-7,16H2,1-2H3,(H,17,22). The second kappa shape index (κ2) is 6.23. The van der Waals surface area contributed by atoms with Gasteiger partial charge in [0.1, 0.15) is 0 Å². The number of hydrogen-bond donors (Lipinski definition) is 2. The van der Waals surface area contributed by atoms with E-state index in [1.165, 1.54) is 17.9 Å². The number of aromatic nitrogens is 4. The zero-order valence-electron chi connectivity index (χ0n) is 13.9. The summed E-state index contributed by atoms with van der Waals surface area (Å²) in [5.74, 6) is 0.418. The number of nitrogens with two attached hydrogens (primary N) is 1. The van der Waals surface area contributed by atoms with Gasteiger partial charge in [-0.1, -0.05) is 0 Å². The topological polar surface area (TPSA) is 117 Å². The quantitative estimate of drug-likeness (QED) is 0.679. The van der Waals surface area contributed by atoms with E-state index in [0.717, 1.165) is 17.4 Å². The van der Waals surface area contributed by atoms with E-state index in [4.69, 9.17) is 5.73 Å². The lowest BCUT2D eigenvalue weighted by Gasteiger charge is -2.12. The average Bonchev–Trinajstić information content (AvgIpc) is 3.33. The van der Waals surface area contributed by atoms with E-state index >= 15 is 0 Å². The van der Waals surface area contributed by atoms with Crippen LogP contribution < -0.4 is 22.3 Å². The molecule has 2 heterocycles. The lowest BCUT2D eigenvalue weighted by molar-refractivity contribution is -0.121. The lowest BCUT2D eigenvalue weighted by Crippen LogP contribution is -2.39. The molecule has 24 heavy (non-hydrogen) atoms. The molecule has 1 fully saturated rings. The van der Waals surface area contributed by atoms with Gasteiger partial charge in [-0.25, -0.2) is 9.78 Å². The summed E-state index contributed by atoms with van der Waals surface area (Å²) in [5, 5.41) is 2.82. The third-order valence-corrected chi connectivity index (χ3v) is 4.56. The number of imidazole rings is 1. The highest BCUT2D eigenvalue weighted by Crippen LogP contribution is 2.31. The minimum Gasteiger partial charge on any atom is -0.354 e. The number of hydrogen-bond acceptors (Lipinski definition) is 5. The van der Waals surface area contributed by atoms with E-state index in [1.807, 2.05) is 0 Å². The van der Waals surface area contributed by atoms with E-state index < -0.39 is 11.2 Å². The van der Waals surface area contributed by atoms with Crippen molar-refractivity contribution in [2.75, 3.05) is 6.54 Å². The zero-order valence-corrected chi connectivity index (χ0v) is 13.9. The molecule has 1 unspecified atom stereocenters. The minimum absolute atomic E-state index is 0.0184. The molecule has 0 spiro atoms. The van der Waals surface area contributed by atoms with Crippen LogP contribution in [0.4, 0.5) is 0 Å². The molecule has 2 aromatic rings. The molecule has 3 N–H and O–H groups in total. The summed E-state index contributed by atoms with van der Waals surface area (Å²) in [6, 6.07) is 0.0184. The highest BCUT2D eigenvalue weighted by atomic mass is 16.2. The fourth-order valence-corrected chi connectivity index (χ4v) is 2.80. The number of nitrogens with zero attached hydrogens (tertiary/aromatic N) is 4. The molecule has 1 aliphatic carbocycles. The van der Waals surface area contributed by atoms with Crippen LogP contribution in [0, 0.1) is 5.92 Å². The molecule has 0 aliphatic heterocycles. The second-order valence-corrected chi connectivity index (χ2v) is 6.37. The molecule has 130 valence electrons. The van der Waals surface area contributed by atoms with Crippen molar-refractivity contribution < 1.29 is 4.79 Å². The van der Waals surface area contributed by atoms with Crippen molar-refractivity contribution in [1.29, 1.82) is 0 Å². The Labute approximate surface area is 138 Å². The molecule has 1 aliphatic rings. The highest BCUT2D eigenvalue weighted by molar-refractivity contribution is 5.76. The summed E-state index contributed by atoms with van der Waals surface area (Å²) < 4.78 is 3.97. The van der Waals surface area contributed by atoms with E-state index in [0.29, 0.717) is 30.2 Å². The van der Waals surface area contributed by atoms with Gasteiger partial charge in [0.15, 0.2) is 11.2 Å². The molecular weight excluding hydrogens is 312 g/mol. The molecule has 1 atom stereocenters. The number of rotatable bonds is 6. The number of amides is 1. The van der Waals surface area contributed by atoms with Crippen molar-refractivity contribution in [3.05, 3.63) is 27.2 Å². The zero-order chi connectivity index (χ0) is 17.4. The SMILES string of the molecule is Cn1c(=O)c2c(ncn2CCC(=O)NCC(N)C2CC2)n(C)c1=O. The second-order valence-electron chi connectivity index (χ2n) is 6.37. The largest absolute Gasteiger partial charge is 0.354 e. The summed E-state index contributed by atoms with van der Waals surface area (Å²) in [5.41, 5.74) is 5.75. The van der Waals surface area contributed by atoms with Crippen LogP contribution in [0.1, 0.15) is 19.3 Å². The molecule has 0 bridgehead atoms. The van der Waals surface area contributed by atoms with Crippen LogP contribution in [-0.2, 0) is 25.4 Å².